The standard InChI is InChI=1S/C14H22ClN3O2S.2ClH/c1-20-11(9-16)8-14(19)18-6-4-17(5-7-18)10-12-2-3-13(15)21-12;;/h2-3,11H,4-10,16H2,1H3;2*1H. The fourth-order valence-electron chi connectivity index (χ4n) is 2.40. The van der Waals surface area contributed by atoms with Crippen LogP contribution in [0, 0.1) is 0 Å². The lowest BCUT2D eigenvalue weighted by Gasteiger charge is -2.35. The van der Waals surface area contributed by atoms with Gasteiger partial charge in [0.1, 0.15) is 0 Å². The lowest BCUT2D eigenvalue weighted by molar-refractivity contribution is -0.135. The molecule has 0 aliphatic carbocycles. The van der Waals surface area contributed by atoms with Crippen molar-refractivity contribution in [2.75, 3.05) is 39.8 Å². The molecule has 0 spiro atoms. The second-order valence-electron chi connectivity index (χ2n) is 5.16. The van der Waals surface area contributed by atoms with Crippen molar-refractivity contribution in [3.8, 4) is 0 Å². The summed E-state index contributed by atoms with van der Waals surface area (Å²) >= 11 is 7.56. The van der Waals surface area contributed by atoms with Gasteiger partial charge >= 0.3 is 0 Å². The molecule has 1 unspecified atom stereocenters. The Morgan fingerprint density at radius 1 is 1.35 bits per heavy atom. The first-order chi connectivity index (χ1) is 10.1. The number of rotatable bonds is 6. The summed E-state index contributed by atoms with van der Waals surface area (Å²) in [6.45, 7) is 4.59. The highest BCUT2D eigenvalue weighted by molar-refractivity contribution is 7.16. The average Bonchev–Trinajstić information content (AvgIpc) is 2.90. The third kappa shape index (κ3) is 7.13. The summed E-state index contributed by atoms with van der Waals surface area (Å²) in [6, 6.07) is 3.99. The fraction of sp³-hybridized carbons (Fsp3) is 0.643. The van der Waals surface area contributed by atoms with E-state index in [9.17, 15) is 4.79 Å². The first-order valence-electron chi connectivity index (χ1n) is 7.09. The van der Waals surface area contributed by atoms with Crippen molar-refractivity contribution < 1.29 is 9.53 Å². The molecule has 1 fully saturated rings. The average molecular weight is 405 g/mol. The molecule has 134 valence electrons. The topological polar surface area (TPSA) is 58.8 Å². The van der Waals surface area contributed by atoms with Gasteiger partial charge in [-0.3, -0.25) is 9.69 Å². The highest BCUT2D eigenvalue weighted by Gasteiger charge is 2.23. The largest absolute Gasteiger partial charge is 0.380 e. The van der Waals surface area contributed by atoms with E-state index in [4.69, 9.17) is 22.1 Å². The molecule has 1 aliphatic rings. The van der Waals surface area contributed by atoms with Crippen molar-refractivity contribution in [3.63, 3.8) is 0 Å². The first-order valence-corrected chi connectivity index (χ1v) is 8.29. The number of carbonyl (C=O) groups excluding carboxylic acids is 1. The zero-order chi connectivity index (χ0) is 15.2. The molecule has 5 nitrogen and oxygen atoms in total. The van der Waals surface area contributed by atoms with Gasteiger partial charge in [-0.2, -0.15) is 0 Å². The second kappa shape index (κ2) is 11.5. The molecule has 1 aliphatic heterocycles. The molecular weight excluding hydrogens is 381 g/mol. The van der Waals surface area contributed by atoms with Crippen molar-refractivity contribution in [1.29, 1.82) is 0 Å². The van der Waals surface area contributed by atoms with E-state index in [1.165, 1.54) is 4.88 Å². The van der Waals surface area contributed by atoms with Crippen LogP contribution in [0.1, 0.15) is 11.3 Å². The Morgan fingerprint density at radius 3 is 2.48 bits per heavy atom. The summed E-state index contributed by atoms with van der Waals surface area (Å²) in [7, 11) is 1.59. The van der Waals surface area contributed by atoms with Gasteiger partial charge in [0.2, 0.25) is 5.91 Å². The van der Waals surface area contributed by atoms with Crippen LogP contribution >= 0.6 is 47.8 Å². The number of ether oxygens (including phenoxy) is 1. The zero-order valence-corrected chi connectivity index (χ0v) is 16.3. The third-order valence-corrected chi connectivity index (χ3v) is 4.95. The van der Waals surface area contributed by atoms with Crippen molar-refractivity contribution in [1.82, 2.24) is 9.80 Å². The maximum Gasteiger partial charge on any atom is 0.225 e. The number of carbonyl (C=O) groups is 1. The Morgan fingerprint density at radius 2 is 2.00 bits per heavy atom. The molecule has 2 rings (SSSR count). The lowest BCUT2D eigenvalue weighted by Crippen LogP contribution is -2.49. The first kappa shape index (κ1) is 22.9. The molecule has 1 amide bonds. The fourth-order valence-corrected chi connectivity index (χ4v) is 3.53. The molecule has 0 bridgehead atoms. The van der Waals surface area contributed by atoms with Crippen molar-refractivity contribution in [3.05, 3.63) is 21.3 Å². The lowest BCUT2D eigenvalue weighted by atomic mass is 10.2. The minimum Gasteiger partial charge on any atom is -0.380 e. The Bertz CT molecular complexity index is 464. The van der Waals surface area contributed by atoms with Gasteiger partial charge in [-0.05, 0) is 12.1 Å². The van der Waals surface area contributed by atoms with Crippen LogP contribution in [0.25, 0.3) is 0 Å². The van der Waals surface area contributed by atoms with Crippen LogP contribution in [0.5, 0.6) is 0 Å². The Balaban J connectivity index is 0.00000242. The summed E-state index contributed by atoms with van der Waals surface area (Å²) in [5, 5.41) is 0. The minimum atomic E-state index is -0.177. The van der Waals surface area contributed by atoms with Gasteiger partial charge in [0.15, 0.2) is 0 Å². The van der Waals surface area contributed by atoms with Crippen LogP contribution in [-0.4, -0.2) is 61.6 Å². The molecule has 2 N–H and O–H groups in total. The molecule has 0 aromatic carbocycles. The number of hydrogen-bond donors (Lipinski definition) is 1. The van der Waals surface area contributed by atoms with E-state index < -0.39 is 0 Å². The number of amides is 1. The highest BCUT2D eigenvalue weighted by atomic mass is 35.5. The van der Waals surface area contributed by atoms with Gasteiger partial charge in [-0.1, -0.05) is 11.6 Å². The van der Waals surface area contributed by atoms with Crippen LogP contribution in [0.2, 0.25) is 4.34 Å². The summed E-state index contributed by atoms with van der Waals surface area (Å²) < 4.78 is 5.99. The number of thiophene rings is 1. The quantitative estimate of drug-likeness (QED) is 0.790. The molecule has 2 heterocycles. The van der Waals surface area contributed by atoms with E-state index in [2.05, 4.69) is 11.0 Å². The molecule has 0 radical (unpaired) electrons. The molecule has 1 saturated heterocycles. The Labute approximate surface area is 158 Å². The van der Waals surface area contributed by atoms with Gasteiger partial charge in [0, 0.05) is 51.3 Å². The zero-order valence-electron chi connectivity index (χ0n) is 13.1. The minimum absolute atomic E-state index is 0. The van der Waals surface area contributed by atoms with Crippen molar-refractivity contribution in [2.24, 2.45) is 5.73 Å². The molecular formula is C14H24Cl3N3O2S. The number of piperazine rings is 1. The number of nitrogens with zero attached hydrogens (tertiary/aromatic N) is 2. The predicted octanol–water partition coefficient (Wildman–Crippen LogP) is 2.25. The molecule has 0 saturated carbocycles. The summed E-state index contributed by atoms with van der Waals surface area (Å²) in [6.07, 6.45) is 0.192. The van der Waals surface area contributed by atoms with E-state index in [-0.39, 0.29) is 36.8 Å². The normalized spacial score (nSPS) is 16.4. The molecule has 9 heteroatoms. The van der Waals surface area contributed by atoms with Gasteiger partial charge < -0.3 is 15.4 Å². The van der Waals surface area contributed by atoms with Crippen molar-refractivity contribution >= 4 is 53.7 Å². The van der Waals surface area contributed by atoms with E-state index in [0.29, 0.717) is 13.0 Å². The Hall–Kier alpha value is -0.0800. The van der Waals surface area contributed by atoms with Crippen LogP contribution in [0.3, 0.4) is 0 Å². The van der Waals surface area contributed by atoms with Gasteiger partial charge in [0.05, 0.1) is 16.9 Å². The monoisotopic (exact) mass is 403 g/mol. The molecule has 1 aromatic heterocycles. The van der Waals surface area contributed by atoms with E-state index in [1.54, 1.807) is 18.4 Å². The number of nitrogens with two attached hydrogens (primary N) is 1. The molecule has 1 atom stereocenters. The smallest absolute Gasteiger partial charge is 0.225 e. The highest BCUT2D eigenvalue weighted by Crippen LogP contribution is 2.23. The number of halogens is 3. The number of hydrogen-bond acceptors (Lipinski definition) is 5. The van der Waals surface area contributed by atoms with Crippen LogP contribution in [0.15, 0.2) is 12.1 Å². The maximum atomic E-state index is 12.2. The number of methoxy groups -OCH3 is 1. The van der Waals surface area contributed by atoms with Gasteiger partial charge in [-0.25, -0.2) is 0 Å². The summed E-state index contributed by atoms with van der Waals surface area (Å²) in [5.74, 6) is 0.131. The predicted molar refractivity (Wildman–Crippen MR) is 100 cm³/mol. The van der Waals surface area contributed by atoms with Crippen LogP contribution in [-0.2, 0) is 16.1 Å². The molecule has 1 aromatic rings. The SMILES string of the molecule is COC(CN)CC(=O)N1CCN(Cc2ccc(Cl)s2)CC1.Cl.Cl. The summed E-state index contributed by atoms with van der Waals surface area (Å²) in [4.78, 5) is 17.7. The summed E-state index contributed by atoms with van der Waals surface area (Å²) in [5.41, 5.74) is 5.56. The van der Waals surface area contributed by atoms with E-state index in [0.717, 1.165) is 37.1 Å². The molecule has 23 heavy (non-hydrogen) atoms. The van der Waals surface area contributed by atoms with Gasteiger partial charge in [-0.15, -0.1) is 36.2 Å². The van der Waals surface area contributed by atoms with E-state index in [1.807, 2.05) is 11.0 Å². The van der Waals surface area contributed by atoms with Crippen LogP contribution < -0.4 is 5.73 Å². The third-order valence-electron chi connectivity index (χ3n) is 3.73. The van der Waals surface area contributed by atoms with E-state index >= 15 is 0 Å². The second-order valence-corrected chi connectivity index (χ2v) is 6.96. The van der Waals surface area contributed by atoms with Gasteiger partial charge in [0.25, 0.3) is 0 Å². The van der Waals surface area contributed by atoms with Crippen LogP contribution in [0.4, 0.5) is 0 Å². The Kier molecular flexibility index (Phi) is 11.4. The van der Waals surface area contributed by atoms with Crippen molar-refractivity contribution in [2.45, 2.75) is 19.1 Å². The maximum absolute atomic E-state index is 12.2.